The molecule has 7 nitrogen and oxygen atoms in total. The van der Waals surface area contributed by atoms with Crippen molar-refractivity contribution < 1.29 is 4.74 Å². The lowest BCUT2D eigenvalue weighted by Gasteiger charge is -2.34. The first kappa shape index (κ1) is 21.2. The first-order chi connectivity index (χ1) is 16.7. The number of aromatic amines is 1. The molecule has 4 aromatic rings. The Labute approximate surface area is 200 Å². The molecule has 0 atom stereocenters. The third kappa shape index (κ3) is 3.74. The van der Waals surface area contributed by atoms with E-state index in [-0.39, 0.29) is 0 Å². The summed E-state index contributed by atoms with van der Waals surface area (Å²) in [6, 6.07) is 15.0. The SMILES string of the molecule is COc1ccc2c(C3CCN(CCCN4Cc5nnc(C)n5-c5ccccc54)CC3)c[nH]c2c1. The van der Waals surface area contributed by atoms with Gasteiger partial charge in [-0.05, 0) is 81.6 Å². The van der Waals surface area contributed by atoms with E-state index in [1.165, 1.54) is 40.7 Å². The average Bonchev–Trinajstić information content (AvgIpc) is 3.47. The summed E-state index contributed by atoms with van der Waals surface area (Å²) in [5.41, 5.74) is 5.11. The van der Waals surface area contributed by atoms with Crippen LogP contribution < -0.4 is 9.64 Å². The van der Waals surface area contributed by atoms with Gasteiger partial charge in [-0.15, -0.1) is 10.2 Å². The highest BCUT2D eigenvalue weighted by Crippen LogP contribution is 2.35. The zero-order valence-electron chi connectivity index (χ0n) is 20.0. The van der Waals surface area contributed by atoms with Crippen molar-refractivity contribution >= 4 is 16.6 Å². The van der Waals surface area contributed by atoms with E-state index in [1.54, 1.807) is 7.11 Å². The zero-order chi connectivity index (χ0) is 23.1. The van der Waals surface area contributed by atoms with Crippen LogP contribution in [0.5, 0.6) is 5.75 Å². The summed E-state index contributed by atoms with van der Waals surface area (Å²) < 4.78 is 7.56. The molecular weight excluding hydrogens is 424 g/mol. The molecule has 6 rings (SSSR count). The van der Waals surface area contributed by atoms with Crippen LogP contribution in [0, 0.1) is 6.92 Å². The number of anilines is 1. The fraction of sp³-hybridized carbons (Fsp3) is 0.407. The number of nitrogens with one attached hydrogen (secondary N) is 1. The van der Waals surface area contributed by atoms with Crippen LogP contribution in [0.15, 0.2) is 48.7 Å². The molecule has 0 amide bonds. The van der Waals surface area contributed by atoms with Gasteiger partial charge in [0.2, 0.25) is 0 Å². The topological polar surface area (TPSA) is 62.2 Å². The second kappa shape index (κ2) is 8.80. The predicted molar refractivity (Wildman–Crippen MR) is 135 cm³/mol. The quantitative estimate of drug-likeness (QED) is 0.457. The summed E-state index contributed by atoms with van der Waals surface area (Å²) in [6.45, 7) is 7.36. The minimum absolute atomic E-state index is 0.627. The van der Waals surface area contributed by atoms with Gasteiger partial charge in [-0.3, -0.25) is 4.57 Å². The maximum Gasteiger partial charge on any atom is 0.157 e. The van der Waals surface area contributed by atoms with E-state index in [4.69, 9.17) is 4.74 Å². The molecule has 0 aliphatic carbocycles. The monoisotopic (exact) mass is 456 g/mol. The van der Waals surface area contributed by atoms with Gasteiger partial charge in [0.1, 0.15) is 11.6 Å². The standard InChI is InChI=1S/C27H32N6O/c1-19-29-30-27-18-32(25-6-3-4-7-26(25)33(19)27)13-5-12-31-14-10-20(11-15-31)23-17-28-24-16-21(34-2)8-9-22(23)24/h3-4,6-9,16-17,20,28H,5,10-15,18H2,1-2H3. The number of aryl methyl sites for hydroxylation is 1. The van der Waals surface area contributed by atoms with Gasteiger partial charge in [0.25, 0.3) is 0 Å². The van der Waals surface area contributed by atoms with E-state index >= 15 is 0 Å². The summed E-state index contributed by atoms with van der Waals surface area (Å²) >= 11 is 0. The molecule has 1 saturated heterocycles. The molecule has 0 radical (unpaired) electrons. The highest BCUT2D eigenvalue weighted by atomic mass is 16.5. The number of para-hydroxylation sites is 2. The number of likely N-dealkylation sites (tertiary alicyclic amines) is 1. The first-order valence-corrected chi connectivity index (χ1v) is 12.3. The van der Waals surface area contributed by atoms with Crippen LogP contribution in [0.2, 0.25) is 0 Å². The van der Waals surface area contributed by atoms with Crippen LogP contribution in [0.1, 0.15) is 42.4 Å². The van der Waals surface area contributed by atoms with E-state index in [1.807, 2.05) is 6.92 Å². The summed E-state index contributed by atoms with van der Waals surface area (Å²) in [5, 5.41) is 10.1. The van der Waals surface area contributed by atoms with Crippen molar-refractivity contribution in [1.29, 1.82) is 0 Å². The van der Waals surface area contributed by atoms with E-state index in [2.05, 4.69) is 78.2 Å². The smallest absolute Gasteiger partial charge is 0.157 e. The number of methoxy groups -OCH3 is 1. The van der Waals surface area contributed by atoms with E-state index in [0.717, 1.165) is 56.5 Å². The number of nitrogens with zero attached hydrogens (tertiary/aromatic N) is 5. The molecule has 0 unspecified atom stereocenters. The number of rotatable bonds is 6. The largest absolute Gasteiger partial charge is 0.497 e. The van der Waals surface area contributed by atoms with Gasteiger partial charge in [0.05, 0.1) is 25.0 Å². The molecule has 2 aromatic carbocycles. The normalized spacial score (nSPS) is 16.6. The third-order valence-electron chi connectivity index (χ3n) is 7.54. The number of hydrogen-bond donors (Lipinski definition) is 1. The molecule has 1 N–H and O–H groups in total. The number of hydrogen-bond acceptors (Lipinski definition) is 5. The molecule has 7 heteroatoms. The molecule has 2 aliphatic rings. The summed E-state index contributed by atoms with van der Waals surface area (Å²) in [7, 11) is 1.72. The Bertz CT molecular complexity index is 1300. The molecule has 0 spiro atoms. The number of benzene rings is 2. The molecule has 4 heterocycles. The molecule has 0 bridgehead atoms. The average molecular weight is 457 g/mol. The maximum absolute atomic E-state index is 5.37. The number of aromatic nitrogens is 4. The fourth-order valence-electron chi connectivity index (χ4n) is 5.74. The highest BCUT2D eigenvalue weighted by molar-refractivity contribution is 5.85. The van der Waals surface area contributed by atoms with Crippen molar-refractivity contribution in [3.05, 3.63) is 65.9 Å². The van der Waals surface area contributed by atoms with Gasteiger partial charge in [-0.2, -0.15) is 0 Å². The molecule has 2 aliphatic heterocycles. The van der Waals surface area contributed by atoms with E-state index in [9.17, 15) is 0 Å². The van der Waals surface area contributed by atoms with Gasteiger partial charge >= 0.3 is 0 Å². The van der Waals surface area contributed by atoms with Crippen molar-refractivity contribution in [3.8, 4) is 11.4 Å². The fourth-order valence-corrected chi connectivity index (χ4v) is 5.74. The van der Waals surface area contributed by atoms with Crippen LogP contribution in [-0.4, -0.2) is 57.9 Å². The highest BCUT2D eigenvalue weighted by Gasteiger charge is 2.26. The summed E-state index contributed by atoms with van der Waals surface area (Å²) in [6.07, 6.45) is 5.79. The van der Waals surface area contributed by atoms with Crippen molar-refractivity contribution in [3.63, 3.8) is 0 Å². The lowest BCUT2D eigenvalue weighted by Crippen LogP contribution is -2.36. The van der Waals surface area contributed by atoms with E-state index in [0.29, 0.717) is 5.92 Å². The zero-order valence-corrected chi connectivity index (χ0v) is 20.0. The second-order valence-corrected chi connectivity index (χ2v) is 9.53. The number of piperidine rings is 1. The number of H-pyrrole nitrogens is 1. The molecule has 176 valence electrons. The Morgan fingerprint density at radius 2 is 1.85 bits per heavy atom. The van der Waals surface area contributed by atoms with Crippen LogP contribution in [0.25, 0.3) is 16.6 Å². The number of fused-ring (bicyclic) bond motifs is 4. The molecule has 34 heavy (non-hydrogen) atoms. The lowest BCUT2D eigenvalue weighted by molar-refractivity contribution is 0.211. The van der Waals surface area contributed by atoms with Crippen molar-refractivity contribution in [2.75, 3.05) is 38.2 Å². The van der Waals surface area contributed by atoms with Gasteiger partial charge in [0.15, 0.2) is 5.82 Å². The minimum Gasteiger partial charge on any atom is -0.497 e. The van der Waals surface area contributed by atoms with Gasteiger partial charge in [0, 0.05) is 29.7 Å². The Hall–Kier alpha value is -3.32. The van der Waals surface area contributed by atoms with Crippen molar-refractivity contribution in [2.24, 2.45) is 0 Å². The molecule has 0 saturated carbocycles. The van der Waals surface area contributed by atoms with Crippen LogP contribution in [-0.2, 0) is 6.54 Å². The Morgan fingerprint density at radius 1 is 1.03 bits per heavy atom. The van der Waals surface area contributed by atoms with Gasteiger partial charge in [-0.1, -0.05) is 12.1 Å². The second-order valence-electron chi connectivity index (χ2n) is 9.53. The van der Waals surface area contributed by atoms with Crippen LogP contribution in [0.4, 0.5) is 5.69 Å². The van der Waals surface area contributed by atoms with Crippen molar-refractivity contribution in [2.45, 2.75) is 38.6 Å². The maximum atomic E-state index is 5.37. The minimum atomic E-state index is 0.627. The lowest BCUT2D eigenvalue weighted by atomic mass is 9.89. The Balaban J connectivity index is 1.05. The molecule has 1 fully saturated rings. The van der Waals surface area contributed by atoms with E-state index < -0.39 is 0 Å². The number of ether oxygens (including phenoxy) is 1. The molecule has 2 aromatic heterocycles. The summed E-state index contributed by atoms with van der Waals surface area (Å²) in [4.78, 5) is 8.55. The predicted octanol–water partition coefficient (Wildman–Crippen LogP) is 4.66. The Morgan fingerprint density at radius 3 is 2.68 bits per heavy atom. The first-order valence-electron chi connectivity index (χ1n) is 12.3. The molecular formula is C27H32N6O. The summed E-state index contributed by atoms with van der Waals surface area (Å²) in [5.74, 6) is 3.53. The third-order valence-corrected chi connectivity index (χ3v) is 7.54. The van der Waals surface area contributed by atoms with Gasteiger partial charge in [-0.25, -0.2) is 0 Å². The van der Waals surface area contributed by atoms with Crippen molar-refractivity contribution in [1.82, 2.24) is 24.6 Å². The van der Waals surface area contributed by atoms with Crippen LogP contribution in [0.3, 0.4) is 0 Å². The van der Waals surface area contributed by atoms with Crippen LogP contribution >= 0.6 is 0 Å². The van der Waals surface area contributed by atoms with Gasteiger partial charge < -0.3 is 19.5 Å². The Kier molecular flexibility index (Phi) is 5.49.